The van der Waals surface area contributed by atoms with E-state index in [0.717, 1.165) is 13.0 Å². The lowest BCUT2D eigenvalue weighted by atomic mass is 9.91. The highest BCUT2D eigenvalue weighted by molar-refractivity contribution is 5.79. The maximum atomic E-state index is 11.2. The second-order valence-electron chi connectivity index (χ2n) is 3.52. The molecule has 0 aromatic rings. The van der Waals surface area contributed by atoms with Crippen LogP contribution in [-0.2, 0) is 4.79 Å². The average Bonchev–Trinajstić information content (AvgIpc) is 1.82. The highest BCUT2D eigenvalue weighted by Gasteiger charge is 2.33. The van der Waals surface area contributed by atoms with Crippen molar-refractivity contribution in [3.8, 4) is 6.07 Å². The van der Waals surface area contributed by atoms with Crippen molar-refractivity contribution >= 4 is 5.91 Å². The predicted molar refractivity (Wildman–Crippen MR) is 45.2 cm³/mol. The van der Waals surface area contributed by atoms with Gasteiger partial charge in [0.1, 0.15) is 6.42 Å². The van der Waals surface area contributed by atoms with Crippen LogP contribution in [0.3, 0.4) is 0 Å². The van der Waals surface area contributed by atoms with Gasteiger partial charge in [0, 0.05) is 12.6 Å². The molecular formula is C9H14N2O. The Bertz CT molecular complexity index is 217. The van der Waals surface area contributed by atoms with E-state index in [1.807, 2.05) is 11.0 Å². The van der Waals surface area contributed by atoms with Crippen LogP contribution in [0.5, 0.6) is 0 Å². The number of amides is 1. The van der Waals surface area contributed by atoms with E-state index in [-0.39, 0.29) is 12.3 Å². The molecule has 0 saturated carbocycles. The summed E-state index contributed by atoms with van der Waals surface area (Å²) in [4.78, 5) is 13.1. The fourth-order valence-corrected chi connectivity index (χ4v) is 1.58. The van der Waals surface area contributed by atoms with Crippen LogP contribution < -0.4 is 0 Å². The van der Waals surface area contributed by atoms with Crippen molar-refractivity contribution < 1.29 is 4.79 Å². The molecule has 1 aliphatic rings. The summed E-state index contributed by atoms with van der Waals surface area (Å²) in [7, 11) is 0. The van der Waals surface area contributed by atoms with Gasteiger partial charge in [-0.15, -0.1) is 0 Å². The van der Waals surface area contributed by atoms with Gasteiger partial charge in [0.2, 0.25) is 5.91 Å². The van der Waals surface area contributed by atoms with Gasteiger partial charge in [-0.1, -0.05) is 13.8 Å². The van der Waals surface area contributed by atoms with Crippen molar-refractivity contribution in [2.45, 2.75) is 32.7 Å². The predicted octanol–water partition coefficient (Wildman–Crippen LogP) is 1.16. The first-order valence-electron chi connectivity index (χ1n) is 4.33. The highest BCUT2D eigenvalue weighted by Crippen LogP contribution is 2.24. The summed E-state index contributed by atoms with van der Waals surface area (Å²) in [6.07, 6.45) is 1.12. The van der Waals surface area contributed by atoms with Crippen molar-refractivity contribution in [3.63, 3.8) is 0 Å². The van der Waals surface area contributed by atoms with Crippen LogP contribution in [0.15, 0.2) is 0 Å². The summed E-state index contributed by atoms with van der Waals surface area (Å²) in [6, 6.07) is 2.27. The molecule has 0 N–H and O–H groups in total. The largest absolute Gasteiger partial charge is 0.338 e. The number of carbonyl (C=O) groups is 1. The minimum absolute atomic E-state index is 0.0116. The summed E-state index contributed by atoms with van der Waals surface area (Å²) >= 11 is 0. The molecule has 0 radical (unpaired) electrons. The minimum Gasteiger partial charge on any atom is -0.338 e. The molecule has 3 heteroatoms. The van der Waals surface area contributed by atoms with E-state index >= 15 is 0 Å². The minimum atomic E-state index is -0.0116. The van der Waals surface area contributed by atoms with Crippen molar-refractivity contribution in [2.75, 3.05) is 6.54 Å². The second kappa shape index (κ2) is 3.57. The van der Waals surface area contributed by atoms with E-state index in [1.165, 1.54) is 0 Å². The molecule has 0 aromatic carbocycles. The van der Waals surface area contributed by atoms with Gasteiger partial charge in [-0.05, 0) is 12.3 Å². The van der Waals surface area contributed by atoms with E-state index in [4.69, 9.17) is 5.26 Å². The molecule has 1 fully saturated rings. The molecule has 1 aliphatic heterocycles. The van der Waals surface area contributed by atoms with Crippen molar-refractivity contribution in [2.24, 2.45) is 5.92 Å². The van der Waals surface area contributed by atoms with Gasteiger partial charge < -0.3 is 4.90 Å². The van der Waals surface area contributed by atoms with Gasteiger partial charge in [0.15, 0.2) is 0 Å². The van der Waals surface area contributed by atoms with Crippen molar-refractivity contribution in [3.05, 3.63) is 0 Å². The third-order valence-corrected chi connectivity index (χ3v) is 2.39. The first-order chi connectivity index (χ1) is 5.66. The Balaban J connectivity index is 2.44. The SMILES string of the molecule is CC(C)C1CCN1C(=O)CC#N. The zero-order valence-electron chi connectivity index (χ0n) is 7.58. The molecule has 12 heavy (non-hydrogen) atoms. The van der Waals surface area contributed by atoms with Crippen molar-refractivity contribution in [1.29, 1.82) is 5.26 Å². The standard InChI is InChI=1S/C9H14N2O/c1-7(2)8-4-6-11(8)9(12)3-5-10/h7-8H,3-4,6H2,1-2H3. The third-order valence-electron chi connectivity index (χ3n) is 2.39. The summed E-state index contributed by atoms with van der Waals surface area (Å²) in [5.74, 6) is 0.504. The fraction of sp³-hybridized carbons (Fsp3) is 0.778. The van der Waals surface area contributed by atoms with Crippen LogP contribution in [0.4, 0.5) is 0 Å². The molecule has 1 atom stereocenters. The number of nitriles is 1. The van der Waals surface area contributed by atoms with E-state index in [2.05, 4.69) is 13.8 Å². The Labute approximate surface area is 73.0 Å². The molecule has 1 heterocycles. The lowest BCUT2D eigenvalue weighted by Gasteiger charge is -2.43. The molecular weight excluding hydrogens is 152 g/mol. The number of nitrogens with zero attached hydrogens (tertiary/aromatic N) is 2. The molecule has 1 saturated heterocycles. The first kappa shape index (κ1) is 9.05. The summed E-state index contributed by atoms with van der Waals surface area (Å²) in [6.45, 7) is 5.05. The van der Waals surface area contributed by atoms with Crippen LogP contribution >= 0.6 is 0 Å². The molecule has 66 valence electrons. The molecule has 0 bridgehead atoms. The van der Waals surface area contributed by atoms with Crippen molar-refractivity contribution in [1.82, 2.24) is 4.90 Å². The van der Waals surface area contributed by atoms with Gasteiger partial charge in [-0.2, -0.15) is 5.26 Å². The summed E-state index contributed by atoms with van der Waals surface area (Å²) in [5.41, 5.74) is 0. The topological polar surface area (TPSA) is 44.1 Å². The number of carbonyl (C=O) groups excluding carboxylic acids is 1. The Morgan fingerprint density at radius 1 is 1.75 bits per heavy atom. The normalized spacial score (nSPS) is 21.8. The number of likely N-dealkylation sites (tertiary alicyclic amines) is 1. The monoisotopic (exact) mass is 166 g/mol. The molecule has 1 rings (SSSR count). The van der Waals surface area contributed by atoms with E-state index in [0.29, 0.717) is 12.0 Å². The maximum absolute atomic E-state index is 11.2. The van der Waals surface area contributed by atoms with E-state index < -0.39 is 0 Å². The van der Waals surface area contributed by atoms with Gasteiger partial charge in [0.25, 0.3) is 0 Å². The third kappa shape index (κ3) is 1.58. The smallest absolute Gasteiger partial charge is 0.237 e. The quantitative estimate of drug-likeness (QED) is 0.617. The zero-order valence-corrected chi connectivity index (χ0v) is 7.58. The Kier molecular flexibility index (Phi) is 2.69. The number of hydrogen-bond acceptors (Lipinski definition) is 2. The van der Waals surface area contributed by atoms with Crippen LogP contribution in [0.2, 0.25) is 0 Å². The Hall–Kier alpha value is -1.04. The molecule has 3 nitrogen and oxygen atoms in total. The molecule has 1 unspecified atom stereocenters. The van der Waals surface area contributed by atoms with E-state index in [9.17, 15) is 4.79 Å². The van der Waals surface area contributed by atoms with Crippen LogP contribution in [0.1, 0.15) is 26.7 Å². The van der Waals surface area contributed by atoms with Crippen LogP contribution in [0, 0.1) is 17.2 Å². The summed E-state index contributed by atoms with van der Waals surface area (Å²) in [5, 5.41) is 8.33. The van der Waals surface area contributed by atoms with Gasteiger partial charge in [-0.25, -0.2) is 0 Å². The first-order valence-corrected chi connectivity index (χ1v) is 4.33. The fourth-order valence-electron chi connectivity index (χ4n) is 1.58. The second-order valence-corrected chi connectivity index (χ2v) is 3.52. The number of hydrogen-bond donors (Lipinski definition) is 0. The Morgan fingerprint density at radius 3 is 2.75 bits per heavy atom. The van der Waals surface area contributed by atoms with Gasteiger partial charge >= 0.3 is 0 Å². The maximum Gasteiger partial charge on any atom is 0.237 e. The Morgan fingerprint density at radius 2 is 2.42 bits per heavy atom. The molecule has 1 amide bonds. The molecule has 0 spiro atoms. The zero-order chi connectivity index (χ0) is 9.14. The molecule has 0 aromatic heterocycles. The van der Waals surface area contributed by atoms with E-state index in [1.54, 1.807) is 0 Å². The van der Waals surface area contributed by atoms with Gasteiger partial charge in [-0.3, -0.25) is 4.79 Å². The van der Waals surface area contributed by atoms with Crippen LogP contribution in [0.25, 0.3) is 0 Å². The lowest BCUT2D eigenvalue weighted by molar-refractivity contribution is -0.139. The van der Waals surface area contributed by atoms with Crippen LogP contribution in [-0.4, -0.2) is 23.4 Å². The van der Waals surface area contributed by atoms with Gasteiger partial charge in [0.05, 0.1) is 6.07 Å². The highest BCUT2D eigenvalue weighted by atomic mass is 16.2. The summed E-state index contributed by atoms with van der Waals surface area (Å²) < 4.78 is 0. The number of rotatable bonds is 2. The molecule has 0 aliphatic carbocycles. The lowest BCUT2D eigenvalue weighted by Crippen LogP contribution is -2.53. The average molecular weight is 166 g/mol.